The van der Waals surface area contributed by atoms with Crippen molar-refractivity contribution < 1.29 is 8.42 Å². The van der Waals surface area contributed by atoms with Gasteiger partial charge in [0, 0.05) is 25.2 Å². The van der Waals surface area contributed by atoms with Gasteiger partial charge in [0.05, 0.1) is 10.0 Å². The van der Waals surface area contributed by atoms with E-state index in [9.17, 15) is 8.42 Å². The van der Waals surface area contributed by atoms with Crippen molar-refractivity contribution in [2.24, 2.45) is 0 Å². The molecule has 2 rings (SSSR count). The molecule has 4 nitrogen and oxygen atoms in total. The molecule has 2 atom stereocenters. The predicted molar refractivity (Wildman–Crippen MR) is 84.5 cm³/mol. The van der Waals surface area contributed by atoms with Crippen LogP contribution >= 0.6 is 35.6 Å². The van der Waals surface area contributed by atoms with Gasteiger partial charge in [0.25, 0.3) is 0 Å². The van der Waals surface area contributed by atoms with Crippen molar-refractivity contribution >= 4 is 45.6 Å². The molecule has 1 N–H and O–H groups in total. The van der Waals surface area contributed by atoms with Gasteiger partial charge in [-0.15, -0.1) is 12.4 Å². The fourth-order valence-electron chi connectivity index (χ4n) is 2.21. The molecule has 1 aliphatic heterocycles. The van der Waals surface area contributed by atoms with Crippen molar-refractivity contribution in [1.82, 2.24) is 9.62 Å². The van der Waals surface area contributed by atoms with E-state index >= 15 is 0 Å². The standard InChI is InChI=1S/C12H16Cl2N2O2S.ClH/c1-8-9(2)16(7-6-15-8)19(17,18)12-10(13)4-3-5-11(12)14;/h3-5,8-9,15H,6-7H2,1-2H3;1H. The third-order valence-corrected chi connectivity index (χ3v) is 6.40. The molecule has 0 saturated carbocycles. The van der Waals surface area contributed by atoms with Crippen LogP contribution in [0.5, 0.6) is 0 Å². The summed E-state index contributed by atoms with van der Waals surface area (Å²) in [5.74, 6) is 0. The molecule has 114 valence electrons. The van der Waals surface area contributed by atoms with E-state index in [0.29, 0.717) is 13.1 Å². The Bertz CT molecular complexity index is 560. The van der Waals surface area contributed by atoms with Gasteiger partial charge in [-0.05, 0) is 26.0 Å². The molecule has 2 unspecified atom stereocenters. The van der Waals surface area contributed by atoms with Crippen molar-refractivity contribution in [3.63, 3.8) is 0 Å². The summed E-state index contributed by atoms with van der Waals surface area (Å²) in [6.45, 7) is 4.86. The lowest BCUT2D eigenvalue weighted by atomic mass is 10.1. The maximum atomic E-state index is 12.7. The van der Waals surface area contributed by atoms with Crippen LogP contribution in [0.2, 0.25) is 10.0 Å². The smallest absolute Gasteiger partial charge is 0.246 e. The monoisotopic (exact) mass is 358 g/mol. The molecule has 1 aromatic rings. The van der Waals surface area contributed by atoms with Crippen molar-refractivity contribution in [2.45, 2.75) is 30.8 Å². The fourth-order valence-corrected chi connectivity index (χ4v) is 5.01. The van der Waals surface area contributed by atoms with Gasteiger partial charge in [-0.2, -0.15) is 4.31 Å². The summed E-state index contributed by atoms with van der Waals surface area (Å²) in [6, 6.07) is 4.65. The van der Waals surface area contributed by atoms with E-state index in [4.69, 9.17) is 23.2 Å². The summed E-state index contributed by atoms with van der Waals surface area (Å²) in [6.07, 6.45) is 0. The molecule has 1 aromatic carbocycles. The Hall–Kier alpha value is -0.0400. The van der Waals surface area contributed by atoms with E-state index in [1.165, 1.54) is 16.4 Å². The molecule has 0 bridgehead atoms. The summed E-state index contributed by atoms with van der Waals surface area (Å²) < 4.78 is 26.9. The quantitative estimate of drug-likeness (QED) is 0.883. The van der Waals surface area contributed by atoms with E-state index < -0.39 is 10.0 Å². The third kappa shape index (κ3) is 3.24. The first-order valence-corrected chi connectivity index (χ1v) is 8.24. The Labute approximate surface area is 135 Å². The minimum atomic E-state index is -3.68. The highest BCUT2D eigenvalue weighted by Gasteiger charge is 2.36. The molecule has 1 heterocycles. The Balaban J connectivity index is 0.00000200. The van der Waals surface area contributed by atoms with Crippen molar-refractivity contribution in [2.75, 3.05) is 13.1 Å². The minimum Gasteiger partial charge on any atom is -0.311 e. The number of sulfonamides is 1. The van der Waals surface area contributed by atoms with Gasteiger partial charge in [0.1, 0.15) is 4.90 Å². The normalized spacial score (nSPS) is 24.2. The zero-order valence-corrected chi connectivity index (χ0v) is 14.3. The molecule has 0 aromatic heterocycles. The Morgan fingerprint density at radius 1 is 1.25 bits per heavy atom. The lowest BCUT2D eigenvalue weighted by Crippen LogP contribution is -2.57. The molecule has 1 saturated heterocycles. The van der Waals surface area contributed by atoms with E-state index in [-0.39, 0.29) is 39.4 Å². The highest BCUT2D eigenvalue weighted by Crippen LogP contribution is 2.33. The molecular weight excluding hydrogens is 343 g/mol. The largest absolute Gasteiger partial charge is 0.311 e. The highest BCUT2D eigenvalue weighted by molar-refractivity contribution is 7.89. The zero-order chi connectivity index (χ0) is 14.2. The van der Waals surface area contributed by atoms with E-state index in [1.807, 2.05) is 13.8 Å². The predicted octanol–water partition coefficient (Wildman–Crippen LogP) is 2.79. The van der Waals surface area contributed by atoms with Gasteiger partial charge in [0.15, 0.2) is 0 Å². The van der Waals surface area contributed by atoms with Gasteiger partial charge in [-0.1, -0.05) is 29.3 Å². The number of nitrogens with one attached hydrogen (secondary N) is 1. The maximum absolute atomic E-state index is 12.7. The van der Waals surface area contributed by atoms with Crippen LogP contribution in [-0.2, 0) is 10.0 Å². The minimum absolute atomic E-state index is 0. The van der Waals surface area contributed by atoms with Crippen LogP contribution in [-0.4, -0.2) is 37.9 Å². The van der Waals surface area contributed by atoms with Crippen LogP contribution in [0.15, 0.2) is 23.1 Å². The molecule has 8 heteroatoms. The second kappa shape index (κ2) is 6.81. The average Bonchev–Trinajstić information content (AvgIpc) is 2.32. The molecule has 0 aliphatic carbocycles. The van der Waals surface area contributed by atoms with Crippen molar-refractivity contribution in [3.05, 3.63) is 28.2 Å². The van der Waals surface area contributed by atoms with Crippen molar-refractivity contribution in [3.8, 4) is 0 Å². The van der Waals surface area contributed by atoms with Crippen LogP contribution < -0.4 is 5.32 Å². The van der Waals surface area contributed by atoms with E-state index in [0.717, 1.165) is 0 Å². The van der Waals surface area contributed by atoms with E-state index in [1.54, 1.807) is 6.07 Å². The lowest BCUT2D eigenvalue weighted by molar-refractivity contribution is 0.233. The zero-order valence-electron chi connectivity index (χ0n) is 11.1. The van der Waals surface area contributed by atoms with E-state index in [2.05, 4.69) is 5.32 Å². The highest BCUT2D eigenvalue weighted by atomic mass is 35.5. The first-order chi connectivity index (χ1) is 8.85. The third-order valence-electron chi connectivity index (χ3n) is 3.46. The van der Waals surface area contributed by atoms with Crippen LogP contribution in [0.4, 0.5) is 0 Å². The summed E-state index contributed by atoms with van der Waals surface area (Å²) in [5, 5.41) is 3.56. The van der Waals surface area contributed by atoms with Crippen LogP contribution in [0.1, 0.15) is 13.8 Å². The van der Waals surface area contributed by atoms with Gasteiger partial charge < -0.3 is 5.32 Å². The SMILES string of the molecule is CC1NCCN(S(=O)(=O)c2c(Cl)cccc2Cl)C1C.Cl. The number of benzene rings is 1. The number of piperazine rings is 1. The van der Waals surface area contributed by atoms with Gasteiger partial charge in [-0.3, -0.25) is 0 Å². The van der Waals surface area contributed by atoms with Crippen LogP contribution in [0, 0.1) is 0 Å². The summed E-state index contributed by atoms with van der Waals surface area (Å²) in [5.41, 5.74) is 0. The molecule has 1 aliphatic rings. The van der Waals surface area contributed by atoms with Crippen LogP contribution in [0.25, 0.3) is 0 Å². The molecule has 0 spiro atoms. The molecule has 0 amide bonds. The molecular formula is C12H17Cl3N2O2S. The van der Waals surface area contributed by atoms with Gasteiger partial charge >= 0.3 is 0 Å². The van der Waals surface area contributed by atoms with Gasteiger partial charge in [0.2, 0.25) is 10.0 Å². The second-order valence-corrected chi connectivity index (χ2v) is 7.29. The molecule has 1 fully saturated rings. The average molecular weight is 360 g/mol. The van der Waals surface area contributed by atoms with Crippen molar-refractivity contribution in [1.29, 1.82) is 0 Å². The Morgan fingerprint density at radius 2 is 1.80 bits per heavy atom. The molecule has 0 radical (unpaired) electrons. The Morgan fingerprint density at radius 3 is 2.35 bits per heavy atom. The number of hydrogen-bond donors (Lipinski definition) is 1. The maximum Gasteiger partial charge on any atom is 0.246 e. The number of rotatable bonds is 2. The number of nitrogens with zero attached hydrogens (tertiary/aromatic N) is 1. The first-order valence-electron chi connectivity index (χ1n) is 6.05. The lowest BCUT2D eigenvalue weighted by Gasteiger charge is -2.37. The summed E-state index contributed by atoms with van der Waals surface area (Å²) >= 11 is 12.0. The summed E-state index contributed by atoms with van der Waals surface area (Å²) in [7, 11) is -3.68. The Kier molecular flexibility index (Phi) is 6.14. The summed E-state index contributed by atoms with van der Waals surface area (Å²) in [4.78, 5) is -0.000664. The molecule has 20 heavy (non-hydrogen) atoms. The first kappa shape index (κ1) is 18.0. The number of halogens is 3. The number of hydrogen-bond acceptors (Lipinski definition) is 3. The fraction of sp³-hybridized carbons (Fsp3) is 0.500. The van der Waals surface area contributed by atoms with Crippen LogP contribution in [0.3, 0.4) is 0 Å². The van der Waals surface area contributed by atoms with Gasteiger partial charge in [-0.25, -0.2) is 8.42 Å². The second-order valence-electron chi connectivity index (χ2n) is 4.65. The topological polar surface area (TPSA) is 49.4 Å².